The smallest absolute Gasteiger partial charge is 0.374 e. The van der Waals surface area contributed by atoms with Crippen LogP contribution in [0.2, 0.25) is 0 Å². The molecule has 0 saturated carbocycles. The molecule has 0 amide bonds. The summed E-state index contributed by atoms with van der Waals surface area (Å²) in [5, 5.41) is 0. The second-order valence-electron chi connectivity index (χ2n) is 4.15. The molecule has 0 aromatic carbocycles. The Bertz CT molecular complexity index is 412. The maximum atomic E-state index is 11.5. The van der Waals surface area contributed by atoms with Crippen LogP contribution in [-0.4, -0.2) is 31.1 Å². The minimum atomic E-state index is -0.606. The van der Waals surface area contributed by atoms with Crippen LogP contribution in [0.3, 0.4) is 0 Å². The summed E-state index contributed by atoms with van der Waals surface area (Å²) in [5.74, 6) is -0.954. The Labute approximate surface area is 107 Å². The van der Waals surface area contributed by atoms with E-state index in [4.69, 9.17) is 18.6 Å². The van der Waals surface area contributed by atoms with Gasteiger partial charge in [-0.3, -0.25) is 0 Å². The van der Waals surface area contributed by atoms with E-state index in [1.165, 1.54) is 0 Å². The minimum Gasteiger partial charge on any atom is -0.457 e. The molecule has 1 aliphatic rings. The van der Waals surface area contributed by atoms with Crippen molar-refractivity contribution in [3.63, 3.8) is 0 Å². The summed E-state index contributed by atoms with van der Waals surface area (Å²) in [7, 11) is 0. The van der Waals surface area contributed by atoms with Gasteiger partial charge in [-0.25, -0.2) is 4.79 Å². The van der Waals surface area contributed by atoms with Gasteiger partial charge < -0.3 is 18.6 Å². The molecule has 0 bridgehead atoms. The van der Waals surface area contributed by atoms with Crippen LogP contribution < -0.4 is 0 Å². The van der Waals surface area contributed by atoms with E-state index in [0.717, 1.165) is 0 Å². The summed E-state index contributed by atoms with van der Waals surface area (Å²) >= 11 is 3.11. The summed E-state index contributed by atoms with van der Waals surface area (Å²) in [6.45, 7) is 4.21. The Kier molecular flexibility index (Phi) is 3.56. The molecule has 6 heteroatoms. The molecule has 17 heavy (non-hydrogen) atoms. The lowest BCUT2D eigenvalue weighted by Crippen LogP contribution is -2.25. The van der Waals surface area contributed by atoms with Gasteiger partial charge in [-0.2, -0.15) is 0 Å². The normalized spacial score (nSPS) is 22.6. The predicted octanol–water partition coefficient (Wildman–Crippen LogP) is 2.35. The van der Waals surface area contributed by atoms with Gasteiger partial charge in [-0.15, -0.1) is 0 Å². The summed E-state index contributed by atoms with van der Waals surface area (Å²) < 4.78 is 21.5. The first-order valence-electron chi connectivity index (χ1n) is 5.20. The van der Waals surface area contributed by atoms with Crippen LogP contribution in [0.15, 0.2) is 21.2 Å². The number of rotatable bonds is 3. The maximum Gasteiger partial charge on any atom is 0.374 e. The van der Waals surface area contributed by atoms with E-state index in [9.17, 15) is 4.79 Å². The number of hydrogen-bond donors (Lipinski definition) is 0. The van der Waals surface area contributed by atoms with Crippen molar-refractivity contribution in [2.45, 2.75) is 25.7 Å². The van der Waals surface area contributed by atoms with Gasteiger partial charge in [-0.05, 0) is 41.9 Å². The van der Waals surface area contributed by atoms with Gasteiger partial charge >= 0.3 is 5.97 Å². The van der Waals surface area contributed by atoms with E-state index in [0.29, 0.717) is 11.3 Å². The molecule has 0 aliphatic carbocycles. The highest BCUT2D eigenvalue weighted by molar-refractivity contribution is 9.10. The van der Waals surface area contributed by atoms with Gasteiger partial charge in [0.05, 0.1) is 6.61 Å². The average Bonchev–Trinajstić information content (AvgIpc) is 2.81. The standard InChI is InChI=1S/C11H13BrO5/c1-11(2)15-6-7(17-11)5-14-10(13)8-3-4-9(12)16-8/h3-4,7H,5-6H2,1-2H3/t7-/m1/s1. The van der Waals surface area contributed by atoms with Gasteiger partial charge in [0.15, 0.2) is 10.5 Å². The molecule has 0 spiro atoms. The second kappa shape index (κ2) is 4.80. The Morgan fingerprint density at radius 3 is 2.88 bits per heavy atom. The third kappa shape index (κ3) is 3.31. The summed E-state index contributed by atoms with van der Waals surface area (Å²) in [5.41, 5.74) is 0. The van der Waals surface area contributed by atoms with Crippen LogP contribution in [0, 0.1) is 0 Å². The molecule has 1 saturated heterocycles. The zero-order valence-electron chi connectivity index (χ0n) is 9.57. The molecular weight excluding hydrogens is 292 g/mol. The molecule has 1 aromatic rings. The monoisotopic (exact) mass is 304 g/mol. The molecule has 1 fully saturated rings. The van der Waals surface area contributed by atoms with E-state index < -0.39 is 11.8 Å². The first-order chi connectivity index (χ1) is 7.96. The molecule has 0 N–H and O–H groups in total. The number of furan rings is 1. The molecule has 0 unspecified atom stereocenters. The second-order valence-corrected chi connectivity index (χ2v) is 4.93. The number of hydrogen-bond acceptors (Lipinski definition) is 5. The first-order valence-corrected chi connectivity index (χ1v) is 6.00. The zero-order valence-corrected chi connectivity index (χ0v) is 11.2. The Morgan fingerprint density at radius 2 is 2.35 bits per heavy atom. The Morgan fingerprint density at radius 1 is 1.59 bits per heavy atom. The first kappa shape index (κ1) is 12.6. The van der Waals surface area contributed by atoms with E-state index in [1.807, 2.05) is 13.8 Å². The summed E-state index contributed by atoms with van der Waals surface area (Å²) in [6.07, 6.45) is -0.229. The number of carbonyl (C=O) groups excluding carboxylic acids is 1. The summed E-state index contributed by atoms with van der Waals surface area (Å²) in [6, 6.07) is 3.18. The molecule has 1 aromatic heterocycles. The van der Waals surface area contributed by atoms with Crippen molar-refractivity contribution in [3.05, 3.63) is 22.6 Å². The lowest BCUT2D eigenvalue weighted by Gasteiger charge is -2.16. The molecule has 1 aliphatic heterocycles. The minimum absolute atomic E-state index is 0.153. The van der Waals surface area contributed by atoms with Gasteiger partial charge in [0.1, 0.15) is 12.7 Å². The molecule has 2 heterocycles. The largest absolute Gasteiger partial charge is 0.457 e. The van der Waals surface area contributed by atoms with E-state index in [2.05, 4.69) is 15.9 Å². The topological polar surface area (TPSA) is 57.9 Å². The Balaban J connectivity index is 1.81. The van der Waals surface area contributed by atoms with Crippen LogP contribution in [0.4, 0.5) is 0 Å². The fourth-order valence-corrected chi connectivity index (χ4v) is 1.82. The van der Waals surface area contributed by atoms with Crippen molar-refractivity contribution in [2.75, 3.05) is 13.2 Å². The zero-order chi connectivity index (χ0) is 12.5. The third-order valence-corrected chi connectivity index (χ3v) is 2.67. The van der Waals surface area contributed by atoms with Crippen molar-refractivity contribution in [2.24, 2.45) is 0 Å². The van der Waals surface area contributed by atoms with Crippen LogP contribution in [-0.2, 0) is 14.2 Å². The van der Waals surface area contributed by atoms with Crippen molar-refractivity contribution >= 4 is 21.9 Å². The van der Waals surface area contributed by atoms with E-state index in [1.54, 1.807) is 12.1 Å². The number of esters is 1. The van der Waals surface area contributed by atoms with Gasteiger partial charge in [0.2, 0.25) is 5.76 Å². The van der Waals surface area contributed by atoms with Crippen LogP contribution >= 0.6 is 15.9 Å². The number of carbonyl (C=O) groups is 1. The SMILES string of the molecule is CC1(C)OC[C@@H](COC(=O)c2ccc(Br)o2)O1. The predicted molar refractivity (Wildman–Crippen MR) is 61.6 cm³/mol. The fourth-order valence-electron chi connectivity index (χ4n) is 1.51. The lowest BCUT2D eigenvalue weighted by atomic mass is 10.4. The van der Waals surface area contributed by atoms with Gasteiger partial charge in [-0.1, -0.05) is 0 Å². The molecule has 94 valence electrons. The molecular formula is C11H13BrO5. The number of halogens is 1. The lowest BCUT2D eigenvalue weighted by molar-refractivity contribution is -0.142. The third-order valence-electron chi connectivity index (χ3n) is 2.24. The quantitative estimate of drug-likeness (QED) is 0.802. The van der Waals surface area contributed by atoms with Crippen LogP contribution in [0.25, 0.3) is 0 Å². The highest BCUT2D eigenvalue weighted by Gasteiger charge is 2.33. The van der Waals surface area contributed by atoms with Gasteiger partial charge in [0, 0.05) is 0 Å². The van der Waals surface area contributed by atoms with Crippen molar-refractivity contribution in [1.82, 2.24) is 0 Å². The van der Waals surface area contributed by atoms with Crippen LogP contribution in [0.1, 0.15) is 24.4 Å². The molecule has 1 atom stereocenters. The maximum absolute atomic E-state index is 11.5. The highest BCUT2D eigenvalue weighted by Crippen LogP contribution is 2.22. The summed E-state index contributed by atoms with van der Waals surface area (Å²) in [4.78, 5) is 11.5. The average molecular weight is 305 g/mol. The van der Waals surface area contributed by atoms with Crippen molar-refractivity contribution in [1.29, 1.82) is 0 Å². The molecule has 5 nitrogen and oxygen atoms in total. The highest BCUT2D eigenvalue weighted by atomic mass is 79.9. The van der Waals surface area contributed by atoms with Crippen molar-refractivity contribution < 1.29 is 23.4 Å². The Hall–Kier alpha value is -0.850. The van der Waals surface area contributed by atoms with Gasteiger partial charge in [0.25, 0.3) is 0 Å². The fraction of sp³-hybridized carbons (Fsp3) is 0.545. The molecule has 2 rings (SSSR count). The van der Waals surface area contributed by atoms with E-state index >= 15 is 0 Å². The van der Waals surface area contributed by atoms with Crippen molar-refractivity contribution in [3.8, 4) is 0 Å². The number of ether oxygens (including phenoxy) is 3. The molecule has 0 radical (unpaired) electrons. The van der Waals surface area contributed by atoms with E-state index in [-0.39, 0.29) is 18.5 Å². The van der Waals surface area contributed by atoms with Crippen LogP contribution in [0.5, 0.6) is 0 Å².